The maximum absolute atomic E-state index is 13.0. The van der Waals surface area contributed by atoms with Crippen molar-refractivity contribution in [1.82, 2.24) is 9.80 Å². The van der Waals surface area contributed by atoms with Gasteiger partial charge < -0.3 is 24.0 Å². The van der Waals surface area contributed by atoms with E-state index in [0.29, 0.717) is 32.6 Å². The number of hydrogen-bond donors (Lipinski definition) is 0. The zero-order valence-corrected chi connectivity index (χ0v) is 23.2. The van der Waals surface area contributed by atoms with Crippen LogP contribution >= 0.6 is 11.6 Å². The summed E-state index contributed by atoms with van der Waals surface area (Å²) in [6.07, 6.45) is 4.26. The minimum absolute atomic E-state index is 0.158. The highest BCUT2D eigenvalue weighted by Gasteiger charge is 2.33. The molecule has 204 valence electrons. The van der Waals surface area contributed by atoms with Gasteiger partial charge in [0.25, 0.3) is 0 Å². The van der Waals surface area contributed by atoms with Crippen LogP contribution in [0.3, 0.4) is 0 Å². The lowest BCUT2D eigenvalue weighted by atomic mass is 9.93. The number of allylic oxidation sites excluding steroid dienone is 2. The molecule has 0 radical (unpaired) electrons. The number of carbonyl (C=O) groups is 2. The first-order chi connectivity index (χ1) is 16.6. The van der Waals surface area contributed by atoms with Crippen LogP contribution in [0.1, 0.15) is 60.8 Å². The standard InChI is InChI=1S/C25H40ClN3O7/c1-24(2,3)35-22(30)27-11-8-17(9-12-27)16-28(23(31)36-25(4,5)6)13-10-18-14-21(34-7)20(29(32)33)15-19(18)26/h14-15,17-19H,8-13,16H2,1-7H3. The van der Waals surface area contributed by atoms with Gasteiger partial charge in [-0.2, -0.15) is 0 Å². The summed E-state index contributed by atoms with van der Waals surface area (Å²) >= 11 is 6.43. The average Bonchev–Trinajstić information content (AvgIpc) is 2.75. The van der Waals surface area contributed by atoms with Crippen molar-refractivity contribution < 1.29 is 28.7 Å². The van der Waals surface area contributed by atoms with Crippen LogP contribution in [0.2, 0.25) is 0 Å². The van der Waals surface area contributed by atoms with Crippen molar-refractivity contribution in [1.29, 1.82) is 0 Å². The zero-order valence-electron chi connectivity index (χ0n) is 22.4. The third-order valence-corrected chi connectivity index (χ3v) is 6.34. The summed E-state index contributed by atoms with van der Waals surface area (Å²) in [5.74, 6) is 0.116. The number of nitro groups is 1. The van der Waals surface area contributed by atoms with E-state index in [-0.39, 0.29) is 29.4 Å². The van der Waals surface area contributed by atoms with Crippen molar-refractivity contribution in [3.05, 3.63) is 33.7 Å². The van der Waals surface area contributed by atoms with Crippen LogP contribution in [-0.4, -0.2) is 76.8 Å². The quantitative estimate of drug-likeness (QED) is 0.253. The maximum Gasteiger partial charge on any atom is 0.410 e. The average molecular weight is 530 g/mol. The normalized spacial score (nSPS) is 21.3. The molecule has 2 unspecified atom stereocenters. The third-order valence-electron chi connectivity index (χ3n) is 5.89. The molecule has 1 aliphatic heterocycles. The monoisotopic (exact) mass is 529 g/mol. The van der Waals surface area contributed by atoms with Gasteiger partial charge in [-0.1, -0.05) is 0 Å². The van der Waals surface area contributed by atoms with Crippen molar-refractivity contribution in [2.45, 2.75) is 77.4 Å². The summed E-state index contributed by atoms with van der Waals surface area (Å²) in [5, 5.41) is 10.7. The number of hydrogen-bond acceptors (Lipinski definition) is 7. The Morgan fingerprint density at radius 2 is 1.69 bits per heavy atom. The van der Waals surface area contributed by atoms with Gasteiger partial charge in [0.1, 0.15) is 11.2 Å². The molecule has 0 N–H and O–H groups in total. The van der Waals surface area contributed by atoms with Gasteiger partial charge in [0, 0.05) is 38.2 Å². The fourth-order valence-corrected chi connectivity index (χ4v) is 4.44. The zero-order chi connectivity index (χ0) is 27.3. The number of amides is 2. The predicted molar refractivity (Wildman–Crippen MR) is 136 cm³/mol. The molecule has 0 saturated carbocycles. The number of halogens is 1. The highest BCUT2D eigenvalue weighted by Crippen LogP contribution is 2.30. The number of ether oxygens (including phenoxy) is 3. The van der Waals surface area contributed by atoms with Gasteiger partial charge in [0.2, 0.25) is 0 Å². The van der Waals surface area contributed by atoms with E-state index in [0.717, 1.165) is 12.8 Å². The Hall–Kier alpha value is -2.49. The third kappa shape index (κ3) is 9.19. The first-order valence-electron chi connectivity index (χ1n) is 12.3. The van der Waals surface area contributed by atoms with Crippen LogP contribution in [0.4, 0.5) is 9.59 Å². The molecule has 1 heterocycles. The van der Waals surface area contributed by atoms with Crippen molar-refractivity contribution in [2.75, 3.05) is 33.3 Å². The van der Waals surface area contributed by atoms with Gasteiger partial charge >= 0.3 is 17.9 Å². The molecule has 0 aromatic carbocycles. The number of likely N-dealkylation sites (tertiary alicyclic amines) is 1. The first kappa shape index (κ1) is 29.7. The number of alkyl halides is 1. The fourth-order valence-electron chi connectivity index (χ4n) is 4.12. The van der Waals surface area contributed by atoms with Gasteiger partial charge in [0.15, 0.2) is 5.76 Å². The molecule has 1 aliphatic carbocycles. The second-order valence-corrected chi connectivity index (χ2v) is 11.8. The van der Waals surface area contributed by atoms with Crippen molar-refractivity contribution in [3.8, 4) is 0 Å². The molecule has 0 aromatic rings. The highest BCUT2D eigenvalue weighted by molar-refractivity contribution is 6.22. The smallest absolute Gasteiger partial charge is 0.410 e. The lowest BCUT2D eigenvalue weighted by Gasteiger charge is -2.36. The number of piperidine rings is 1. The van der Waals surface area contributed by atoms with Crippen molar-refractivity contribution in [3.63, 3.8) is 0 Å². The summed E-state index contributed by atoms with van der Waals surface area (Å²) in [5.41, 5.74) is -1.36. The Bertz CT molecular complexity index is 868. The molecule has 36 heavy (non-hydrogen) atoms. The Morgan fingerprint density at radius 3 is 2.19 bits per heavy atom. The SMILES string of the molecule is COC1=CC(CCN(CC2CCN(C(=O)OC(C)(C)C)CC2)C(=O)OC(C)(C)C)C(Cl)C=C1[N+](=O)[O-]. The Morgan fingerprint density at radius 1 is 1.11 bits per heavy atom. The molecule has 10 nitrogen and oxygen atoms in total. The summed E-state index contributed by atoms with van der Waals surface area (Å²) in [6, 6.07) is 0. The Labute approximate surface area is 218 Å². The lowest BCUT2D eigenvalue weighted by molar-refractivity contribution is -0.424. The highest BCUT2D eigenvalue weighted by atomic mass is 35.5. The van der Waals surface area contributed by atoms with Crippen LogP contribution in [0, 0.1) is 22.0 Å². The van der Waals surface area contributed by atoms with E-state index in [4.69, 9.17) is 25.8 Å². The lowest BCUT2D eigenvalue weighted by Crippen LogP contribution is -2.46. The second kappa shape index (κ2) is 12.2. The van der Waals surface area contributed by atoms with Gasteiger partial charge in [-0.05, 0) is 72.8 Å². The van der Waals surface area contributed by atoms with E-state index < -0.39 is 27.6 Å². The fraction of sp³-hybridized carbons (Fsp3) is 0.760. The number of methoxy groups -OCH3 is 1. The van der Waals surface area contributed by atoms with Crippen LogP contribution in [0.25, 0.3) is 0 Å². The van der Waals surface area contributed by atoms with E-state index >= 15 is 0 Å². The van der Waals surface area contributed by atoms with Crippen molar-refractivity contribution in [2.24, 2.45) is 11.8 Å². The molecule has 1 fully saturated rings. The second-order valence-electron chi connectivity index (χ2n) is 11.3. The van der Waals surface area contributed by atoms with Crippen LogP contribution in [0.15, 0.2) is 23.6 Å². The van der Waals surface area contributed by atoms with Gasteiger partial charge in [0.05, 0.1) is 17.4 Å². The molecule has 2 atom stereocenters. The predicted octanol–water partition coefficient (Wildman–Crippen LogP) is 5.19. The number of nitrogens with zero attached hydrogens (tertiary/aromatic N) is 3. The number of rotatable bonds is 7. The van der Waals surface area contributed by atoms with Gasteiger partial charge in [-0.15, -0.1) is 11.6 Å². The minimum atomic E-state index is -0.651. The van der Waals surface area contributed by atoms with E-state index in [1.165, 1.54) is 13.2 Å². The molecular formula is C25H40ClN3O7. The number of carbonyl (C=O) groups excluding carboxylic acids is 2. The molecule has 1 saturated heterocycles. The summed E-state index contributed by atoms with van der Waals surface area (Å²) < 4.78 is 16.3. The topological polar surface area (TPSA) is 111 Å². The molecule has 2 aliphatic rings. The Kier molecular flexibility index (Phi) is 10.0. The van der Waals surface area contributed by atoms with E-state index in [2.05, 4.69) is 0 Å². The molecule has 0 bridgehead atoms. The van der Waals surface area contributed by atoms with E-state index in [1.807, 2.05) is 41.5 Å². The minimum Gasteiger partial charge on any atom is -0.490 e. The summed E-state index contributed by atoms with van der Waals surface area (Å²) in [4.78, 5) is 39.5. The van der Waals surface area contributed by atoms with Crippen LogP contribution in [0.5, 0.6) is 0 Å². The van der Waals surface area contributed by atoms with Crippen LogP contribution in [-0.2, 0) is 14.2 Å². The van der Waals surface area contributed by atoms with E-state index in [1.54, 1.807) is 15.9 Å². The Balaban J connectivity index is 2.04. The molecule has 0 spiro atoms. The molecule has 11 heteroatoms. The van der Waals surface area contributed by atoms with Crippen molar-refractivity contribution >= 4 is 23.8 Å². The molecule has 2 amide bonds. The summed E-state index contributed by atoms with van der Waals surface area (Å²) in [6.45, 7) is 12.9. The molecular weight excluding hydrogens is 490 g/mol. The van der Waals surface area contributed by atoms with Gasteiger partial charge in [-0.3, -0.25) is 10.1 Å². The summed E-state index contributed by atoms with van der Waals surface area (Å²) in [7, 11) is 1.38. The van der Waals surface area contributed by atoms with Gasteiger partial charge in [-0.25, -0.2) is 9.59 Å². The molecule has 2 rings (SSSR count). The maximum atomic E-state index is 13.0. The molecule has 0 aromatic heterocycles. The first-order valence-corrected chi connectivity index (χ1v) is 12.8. The van der Waals surface area contributed by atoms with E-state index in [9.17, 15) is 19.7 Å². The largest absolute Gasteiger partial charge is 0.490 e. The van der Waals surface area contributed by atoms with Crippen LogP contribution < -0.4 is 0 Å².